The van der Waals surface area contributed by atoms with Crippen molar-refractivity contribution in [2.24, 2.45) is 56.7 Å². The summed E-state index contributed by atoms with van der Waals surface area (Å²) in [7, 11) is 0. The van der Waals surface area contributed by atoms with Crippen molar-refractivity contribution < 1.29 is 99.2 Å². The third kappa shape index (κ3) is 8.71. The maximum absolute atomic E-state index is 12.8. The Bertz CT molecular complexity index is 1910. The normalized spacial score (nSPS) is 57.9. The van der Waals surface area contributed by atoms with Crippen molar-refractivity contribution in [1.82, 2.24) is 0 Å². The maximum Gasteiger partial charge on any atom is 0.187 e. The number of fused-ring (bicyclic) bond motifs is 7. The lowest BCUT2D eigenvalue weighted by molar-refractivity contribution is -0.371. The van der Waals surface area contributed by atoms with E-state index in [2.05, 4.69) is 41.5 Å². The van der Waals surface area contributed by atoms with E-state index in [-0.39, 0.29) is 48.2 Å². The highest BCUT2D eigenvalue weighted by molar-refractivity contribution is 5.23. The first-order chi connectivity index (χ1) is 33.4. The minimum absolute atomic E-state index is 0.103. The smallest absolute Gasteiger partial charge is 0.187 e. The van der Waals surface area contributed by atoms with Gasteiger partial charge in [0.15, 0.2) is 25.2 Å². The van der Waals surface area contributed by atoms with Crippen molar-refractivity contribution in [1.29, 1.82) is 0 Å². The molecule has 30 atom stereocenters. The molecule has 9 fully saturated rings. The highest BCUT2D eigenvalue weighted by Gasteiger charge is 2.75. The van der Waals surface area contributed by atoms with E-state index in [1.54, 1.807) is 6.92 Å². The van der Waals surface area contributed by atoms with Crippen LogP contribution in [0.3, 0.4) is 0 Å². The molecule has 12 N–H and O–H groups in total. The number of hydrogen-bond donors (Lipinski definition) is 12. The number of hydrogen-bond acceptors (Lipinski definition) is 20. The van der Waals surface area contributed by atoms with Gasteiger partial charge in [0.05, 0.1) is 49.3 Å². The summed E-state index contributed by atoms with van der Waals surface area (Å²) in [6.07, 6.45) is -21.0. The van der Waals surface area contributed by atoms with Gasteiger partial charge in [0.25, 0.3) is 0 Å². The molecule has 9 aliphatic rings. The molecule has 5 saturated carbocycles. The molecule has 0 spiro atoms. The molecular formula is C52H88O20. The van der Waals surface area contributed by atoms with E-state index in [0.717, 1.165) is 25.7 Å². The van der Waals surface area contributed by atoms with Crippen molar-refractivity contribution in [3.05, 3.63) is 0 Å². The van der Waals surface area contributed by atoms with E-state index in [1.165, 1.54) is 6.92 Å². The Balaban J connectivity index is 1.02. The summed E-state index contributed by atoms with van der Waals surface area (Å²) >= 11 is 0. The highest BCUT2D eigenvalue weighted by Crippen LogP contribution is 2.78. The van der Waals surface area contributed by atoms with Crippen molar-refractivity contribution in [3.8, 4) is 0 Å². The van der Waals surface area contributed by atoms with Gasteiger partial charge in [-0.05, 0) is 136 Å². The zero-order valence-electron chi connectivity index (χ0n) is 43.7. The van der Waals surface area contributed by atoms with Crippen LogP contribution in [-0.4, -0.2) is 209 Å². The van der Waals surface area contributed by atoms with Gasteiger partial charge in [-0.25, -0.2) is 0 Å². The van der Waals surface area contributed by atoms with Gasteiger partial charge in [-0.3, -0.25) is 0 Å². The largest absolute Gasteiger partial charge is 0.393 e. The molecule has 0 radical (unpaired) electrons. The zero-order valence-corrected chi connectivity index (χ0v) is 43.7. The second-order valence-corrected chi connectivity index (χ2v) is 26.0. The molecule has 0 bridgehead atoms. The van der Waals surface area contributed by atoms with Gasteiger partial charge in [-0.1, -0.05) is 41.5 Å². The van der Waals surface area contributed by atoms with Crippen molar-refractivity contribution in [3.63, 3.8) is 0 Å². The zero-order chi connectivity index (χ0) is 52.7. The number of aliphatic hydroxyl groups is 12. The molecule has 20 heteroatoms. The van der Waals surface area contributed by atoms with Crippen molar-refractivity contribution in [2.75, 3.05) is 13.2 Å². The second kappa shape index (κ2) is 19.5. The summed E-state index contributed by atoms with van der Waals surface area (Å²) in [6, 6.07) is 0. The average Bonchev–Trinajstić information content (AvgIpc) is 3.69. The van der Waals surface area contributed by atoms with Crippen LogP contribution in [0.4, 0.5) is 0 Å². The molecule has 20 nitrogen and oxygen atoms in total. The molecule has 5 aliphatic carbocycles. The first-order valence-electron chi connectivity index (χ1n) is 26.8. The van der Waals surface area contributed by atoms with Gasteiger partial charge >= 0.3 is 0 Å². The van der Waals surface area contributed by atoms with Crippen LogP contribution >= 0.6 is 0 Å². The Morgan fingerprint density at radius 2 is 1.00 bits per heavy atom. The molecule has 0 amide bonds. The Hall–Kier alpha value is -0.800. The predicted octanol–water partition coefficient (Wildman–Crippen LogP) is -0.209. The molecule has 0 aromatic rings. The van der Waals surface area contributed by atoms with Crippen molar-refractivity contribution >= 4 is 0 Å². The SMILES string of the molecule is C[C@@H]1O[C@@H](O[C@H]2[C@H](O[C@H]3CC[C@]4(C)[C@H]5CC[C@@H]6[C@@]7(C)CC[C@H](C(C)(C)O[C@@H]8O[C@@H](C)[C@H](O)[C@@H](O)[C@H]8O)[C@@H]7[C@@H](O)C[C@@]6(C)[C@]5(C)C[C@H](O[C@@H]5OC[C@@H](O)[C@H](O)[C@H]5O)[C@H]4C3(C)C)OC[C@@H](O)[C@@H]2O)[C@H](O)[C@H](O)[C@H]1O. The first-order valence-corrected chi connectivity index (χ1v) is 26.8. The van der Waals surface area contributed by atoms with E-state index >= 15 is 0 Å². The molecule has 0 unspecified atom stereocenters. The van der Waals surface area contributed by atoms with E-state index < -0.39 is 156 Å². The van der Waals surface area contributed by atoms with Gasteiger partial charge in [0, 0.05) is 0 Å². The Morgan fingerprint density at radius 3 is 1.62 bits per heavy atom. The summed E-state index contributed by atoms with van der Waals surface area (Å²) in [5.74, 6) is -0.359. The number of aliphatic hydroxyl groups excluding tert-OH is 12. The molecule has 416 valence electrons. The molecule has 4 saturated heterocycles. The maximum atomic E-state index is 12.8. The van der Waals surface area contributed by atoms with Crippen LogP contribution in [0.5, 0.6) is 0 Å². The van der Waals surface area contributed by atoms with Gasteiger partial charge in [-0.15, -0.1) is 0 Å². The minimum Gasteiger partial charge on any atom is -0.393 e. The van der Waals surface area contributed by atoms with Gasteiger partial charge in [0.1, 0.15) is 73.2 Å². The van der Waals surface area contributed by atoms with Crippen LogP contribution in [0.1, 0.15) is 121 Å². The lowest BCUT2D eigenvalue weighted by Gasteiger charge is -2.75. The molecule has 9 rings (SSSR count). The molecular weight excluding hydrogens is 945 g/mol. The fourth-order valence-electron chi connectivity index (χ4n) is 17.6. The first kappa shape index (κ1) is 55.9. The lowest BCUT2D eigenvalue weighted by atomic mass is 9.31. The Kier molecular flexibility index (Phi) is 15.2. The molecule has 4 aliphatic heterocycles. The van der Waals surface area contributed by atoms with Crippen LogP contribution in [-0.2, 0) is 37.9 Å². The van der Waals surface area contributed by atoms with Gasteiger partial charge in [-0.2, -0.15) is 0 Å². The van der Waals surface area contributed by atoms with Crippen LogP contribution in [0.2, 0.25) is 0 Å². The number of ether oxygens (including phenoxy) is 8. The third-order valence-electron chi connectivity index (χ3n) is 21.4. The van der Waals surface area contributed by atoms with E-state index in [1.807, 2.05) is 13.8 Å². The van der Waals surface area contributed by atoms with Crippen LogP contribution in [0.25, 0.3) is 0 Å². The quantitative estimate of drug-likeness (QED) is 0.133. The minimum atomic E-state index is -1.69. The average molecular weight is 1030 g/mol. The summed E-state index contributed by atoms with van der Waals surface area (Å²) in [5, 5.41) is 132. The van der Waals surface area contributed by atoms with E-state index in [4.69, 9.17) is 37.9 Å². The Morgan fingerprint density at radius 1 is 0.486 bits per heavy atom. The van der Waals surface area contributed by atoms with Gasteiger partial charge < -0.3 is 99.2 Å². The predicted molar refractivity (Wildman–Crippen MR) is 251 cm³/mol. The monoisotopic (exact) mass is 1030 g/mol. The molecule has 72 heavy (non-hydrogen) atoms. The highest BCUT2D eigenvalue weighted by atomic mass is 16.8. The summed E-state index contributed by atoms with van der Waals surface area (Å²) in [6.45, 7) is 20.0. The fourth-order valence-corrected chi connectivity index (χ4v) is 17.6. The summed E-state index contributed by atoms with van der Waals surface area (Å²) in [5.41, 5.74) is -3.36. The van der Waals surface area contributed by atoms with E-state index in [0.29, 0.717) is 25.7 Å². The second-order valence-electron chi connectivity index (χ2n) is 26.0. The van der Waals surface area contributed by atoms with Crippen LogP contribution in [0, 0.1) is 56.7 Å². The van der Waals surface area contributed by atoms with Gasteiger partial charge in [0.2, 0.25) is 0 Å². The van der Waals surface area contributed by atoms with Crippen molar-refractivity contribution in [2.45, 2.75) is 255 Å². The summed E-state index contributed by atoms with van der Waals surface area (Å²) in [4.78, 5) is 0. The molecule has 0 aromatic heterocycles. The summed E-state index contributed by atoms with van der Waals surface area (Å²) < 4.78 is 50.3. The standard InChI is InChI=1S/C52H88O20/c1-21-32(56)36(60)39(63)44(67-21)71-41-35(59)26(55)20-66-46(41)70-30-14-16-50(8)29-12-11-28-49(7)15-13-23(48(5,6)72-45-40(64)37(61)33(57)22(2)68-45)31(49)24(53)17-51(28,9)52(29,10)18-27(42(50)47(30,3)4)69-43-38(62)34(58)25(54)19-65-43/h21-46,53-64H,11-20H2,1-10H3/t21-,22-,23-,24-,25+,26+,27-,28+,29+,30-,31+,32-,33-,34-,35-,36+,37+,38+,39+,40+,41+,42-,43-,44-,45-,46-,49+,50+,51+,52+/m0/s1. The molecule has 4 heterocycles. The fraction of sp³-hybridized carbons (Fsp3) is 1.00. The van der Waals surface area contributed by atoms with E-state index in [9.17, 15) is 61.3 Å². The topological polar surface area (TPSA) is 317 Å². The Labute approximate surface area is 423 Å². The molecule has 0 aromatic carbocycles. The third-order valence-corrected chi connectivity index (χ3v) is 21.4. The lowest BCUT2D eigenvalue weighted by Crippen LogP contribution is -2.72. The number of rotatable bonds is 9. The van der Waals surface area contributed by atoms with Crippen LogP contribution < -0.4 is 0 Å². The van der Waals surface area contributed by atoms with Crippen LogP contribution in [0.15, 0.2) is 0 Å².